The van der Waals surface area contributed by atoms with Crippen LogP contribution < -0.4 is 16.0 Å². The molecule has 1 saturated heterocycles. The number of H-pyrrole nitrogens is 1. The van der Waals surface area contributed by atoms with Crippen LogP contribution in [0.4, 0.5) is 23.2 Å². The average Bonchev–Trinajstić information content (AvgIpc) is 3.11. The number of primary amides is 1. The van der Waals surface area contributed by atoms with Crippen LogP contribution in [0.25, 0.3) is 21.8 Å². The quantitative estimate of drug-likeness (QED) is 0.416. The molecule has 4 N–H and O–H groups in total. The third-order valence-electron chi connectivity index (χ3n) is 5.79. The van der Waals surface area contributed by atoms with Crippen molar-refractivity contribution in [1.29, 1.82) is 0 Å². The van der Waals surface area contributed by atoms with Gasteiger partial charge in [0.2, 0.25) is 0 Å². The summed E-state index contributed by atoms with van der Waals surface area (Å²) in [6, 6.07) is 4.36. The van der Waals surface area contributed by atoms with Crippen molar-refractivity contribution in [2.24, 2.45) is 5.73 Å². The fraction of sp³-hybridized carbons (Fsp3) is 0.348. The lowest BCUT2D eigenvalue weighted by Gasteiger charge is -2.35. The summed E-state index contributed by atoms with van der Waals surface area (Å²) in [7, 11) is 0. The summed E-state index contributed by atoms with van der Waals surface area (Å²) in [6.45, 7) is 3.34. The number of aromatic nitrogens is 1. The number of anilines is 1. The SMILES string of the molecule is CC#CCN[C@H]1CCCN(c2c(F)cc(C(N)=O)c3[nH]c4cc(C(F)(F)F)ccc4c23)C1. The Kier molecular flexibility index (Phi) is 5.73. The number of fused-ring (bicyclic) bond motifs is 3. The average molecular weight is 446 g/mol. The van der Waals surface area contributed by atoms with Crippen molar-refractivity contribution >= 4 is 33.4 Å². The van der Waals surface area contributed by atoms with Gasteiger partial charge < -0.3 is 20.9 Å². The molecule has 5 nitrogen and oxygen atoms in total. The Morgan fingerprint density at radius 2 is 2.12 bits per heavy atom. The molecule has 1 fully saturated rings. The largest absolute Gasteiger partial charge is 0.416 e. The van der Waals surface area contributed by atoms with E-state index in [0.717, 1.165) is 31.0 Å². The lowest BCUT2D eigenvalue weighted by Crippen LogP contribution is -2.46. The Morgan fingerprint density at radius 1 is 1.34 bits per heavy atom. The van der Waals surface area contributed by atoms with Crippen LogP contribution in [0.1, 0.15) is 35.7 Å². The number of hydrogen-bond donors (Lipinski definition) is 3. The first-order chi connectivity index (χ1) is 15.2. The van der Waals surface area contributed by atoms with Gasteiger partial charge in [-0.15, -0.1) is 5.92 Å². The van der Waals surface area contributed by atoms with Crippen LogP contribution in [0.2, 0.25) is 0 Å². The zero-order valence-electron chi connectivity index (χ0n) is 17.4. The van der Waals surface area contributed by atoms with Crippen molar-refractivity contribution in [2.75, 3.05) is 24.5 Å². The Hall–Kier alpha value is -3.25. The maximum Gasteiger partial charge on any atom is 0.416 e. The van der Waals surface area contributed by atoms with Crippen LogP contribution in [0, 0.1) is 17.7 Å². The van der Waals surface area contributed by atoms with E-state index in [1.807, 2.05) is 4.90 Å². The topological polar surface area (TPSA) is 74.2 Å². The molecular weight excluding hydrogens is 424 g/mol. The molecule has 168 valence electrons. The lowest BCUT2D eigenvalue weighted by molar-refractivity contribution is -0.137. The number of carbonyl (C=O) groups excluding carboxylic acids is 1. The smallest absolute Gasteiger partial charge is 0.367 e. The minimum Gasteiger partial charge on any atom is -0.367 e. The van der Waals surface area contributed by atoms with E-state index in [0.29, 0.717) is 30.4 Å². The zero-order chi connectivity index (χ0) is 23.0. The number of hydrogen-bond acceptors (Lipinski definition) is 3. The van der Waals surface area contributed by atoms with Crippen molar-refractivity contribution in [3.05, 3.63) is 41.2 Å². The first kappa shape index (κ1) is 22.0. The van der Waals surface area contributed by atoms with Crippen LogP contribution >= 0.6 is 0 Å². The second-order valence-corrected chi connectivity index (χ2v) is 7.84. The van der Waals surface area contributed by atoms with Gasteiger partial charge in [-0.3, -0.25) is 4.79 Å². The van der Waals surface area contributed by atoms with E-state index in [4.69, 9.17) is 5.73 Å². The van der Waals surface area contributed by atoms with Gasteiger partial charge in [-0.1, -0.05) is 12.0 Å². The highest BCUT2D eigenvalue weighted by Gasteiger charge is 2.32. The third kappa shape index (κ3) is 3.98. The zero-order valence-corrected chi connectivity index (χ0v) is 17.4. The van der Waals surface area contributed by atoms with Crippen molar-refractivity contribution in [1.82, 2.24) is 10.3 Å². The number of rotatable bonds is 4. The number of piperidine rings is 1. The van der Waals surface area contributed by atoms with Gasteiger partial charge in [-0.05, 0) is 38.0 Å². The minimum atomic E-state index is -4.53. The van der Waals surface area contributed by atoms with Crippen LogP contribution in [-0.2, 0) is 6.18 Å². The predicted octanol–water partition coefficient (Wildman–Crippen LogP) is 4.16. The molecule has 0 spiro atoms. The van der Waals surface area contributed by atoms with Crippen LogP contribution in [0.5, 0.6) is 0 Å². The maximum atomic E-state index is 15.3. The summed E-state index contributed by atoms with van der Waals surface area (Å²) in [5, 5.41) is 4.09. The number of aromatic amines is 1. The van der Waals surface area contributed by atoms with Crippen molar-refractivity contribution in [2.45, 2.75) is 32.0 Å². The number of alkyl halides is 3. The molecule has 0 bridgehead atoms. The van der Waals surface area contributed by atoms with Crippen LogP contribution in [0.3, 0.4) is 0 Å². The van der Waals surface area contributed by atoms with E-state index in [2.05, 4.69) is 22.1 Å². The van der Waals surface area contributed by atoms with Gasteiger partial charge in [0.1, 0.15) is 5.82 Å². The molecule has 32 heavy (non-hydrogen) atoms. The second-order valence-electron chi connectivity index (χ2n) is 7.84. The highest BCUT2D eigenvalue weighted by Crippen LogP contribution is 2.40. The normalized spacial score (nSPS) is 16.9. The molecule has 2 heterocycles. The highest BCUT2D eigenvalue weighted by molar-refractivity contribution is 6.19. The van der Waals surface area contributed by atoms with Gasteiger partial charge in [0.05, 0.1) is 28.9 Å². The van der Waals surface area contributed by atoms with Crippen molar-refractivity contribution in [3.63, 3.8) is 0 Å². The first-order valence-electron chi connectivity index (χ1n) is 10.2. The molecule has 0 aliphatic carbocycles. The third-order valence-corrected chi connectivity index (χ3v) is 5.79. The molecule has 1 aliphatic heterocycles. The molecule has 0 saturated carbocycles. The Bertz CT molecular complexity index is 1250. The van der Waals surface area contributed by atoms with Crippen LogP contribution in [0.15, 0.2) is 24.3 Å². The van der Waals surface area contributed by atoms with E-state index in [1.165, 1.54) is 6.07 Å². The highest BCUT2D eigenvalue weighted by atomic mass is 19.4. The van der Waals surface area contributed by atoms with Gasteiger partial charge >= 0.3 is 6.18 Å². The predicted molar refractivity (Wildman–Crippen MR) is 116 cm³/mol. The Labute approximate surface area is 181 Å². The molecule has 0 radical (unpaired) electrons. The molecule has 1 aromatic heterocycles. The van der Waals surface area contributed by atoms with Gasteiger partial charge in [-0.2, -0.15) is 13.2 Å². The number of nitrogens with zero attached hydrogens (tertiary/aromatic N) is 1. The number of nitrogens with two attached hydrogens (primary N) is 1. The molecular formula is C23H22F4N4O. The van der Waals surface area contributed by atoms with Gasteiger partial charge in [0.15, 0.2) is 0 Å². The van der Waals surface area contributed by atoms with Crippen molar-refractivity contribution in [3.8, 4) is 11.8 Å². The fourth-order valence-corrected chi connectivity index (χ4v) is 4.34. The van der Waals surface area contributed by atoms with E-state index in [9.17, 15) is 18.0 Å². The summed E-state index contributed by atoms with van der Waals surface area (Å²) < 4.78 is 55.0. The second kappa shape index (κ2) is 8.36. The molecule has 1 aliphatic rings. The maximum absolute atomic E-state index is 15.3. The monoisotopic (exact) mass is 446 g/mol. The summed E-state index contributed by atoms with van der Waals surface area (Å²) >= 11 is 0. The molecule has 1 amide bonds. The molecule has 9 heteroatoms. The molecule has 2 aromatic carbocycles. The summed E-state index contributed by atoms with van der Waals surface area (Å²) in [6.07, 6.45) is -2.83. The Morgan fingerprint density at radius 3 is 2.81 bits per heavy atom. The minimum absolute atomic E-state index is 0.0805. The van der Waals surface area contributed by atoms with E-state index in [1.54, 1.807) is 6.92 Å². The van der Waals surface area contributed by atoms with E-state index < -0.39 is 23.5 Å². The molecule has 0 unspecified atom stereocenters. The standard InChI is InChI=1S/C23H22F4N4O/c1-2-3-8-29-14-5-4-9-31(12-14)21-17(24)11-16(22(28)32)20-19(21)15-7-6-13(23(25,26)27)10-18(15)30-20/h6-7,10-11,14,29-30H,4-5,8-9,12H2,1H3,(H2,28,32)/t14-/m0/s1. The van der Waals surface area contributed by atoms with E-state index >= 15 is 4.39 Å². The number of amides is 1. The summed E-state index contributed by atoms with van der Waals surface area (Å²) in [5.41, 5.74) is 5.16. The molecule has 4 rings (SSSR count). The lowest BCUT2D eigenvalue weighted by atomic mass is 10.0. The molecule has 1 atom stereocenters. The number of carbonyl (C=O) groups is 1. The van der Waals surface area contributed by atoms with E-state index in [-0.39, 0.29) is 28.3 Å². The fourth-order valence-electron chi connectivity index (χ4n) is 4.34. The first-order valence-corrected chi connectivity index (χ1v) is 10.2. The van der Waals surface area contributed by atoms with Gasteiger partial charge in [0, 0.05) is 35.4 Å². The van der Waals surface area contributed by atoms with Gasteiger partial charge in [0.25, 0.3) is 5.91 Å². The van der Waals surface area contributed by atoms with Crippen molar-refractivity contribution < 1.29 is 22.4 Å². The Balaban J connectivity index is 1.88. The van der Waals surface area contributed by atoms with Gasteiger partial charge in [-0.25, -0.2) is 4.39 Å². The summed E-state index contributed by atoms with van der Waals surface area (Å²) in [5.74, 6) is 4.26. The number of halogens is 4. The number of nitrogens with one attached hydrogen (secondary N) is 2. The number of benzene rings is 2. The summed E-state index contributed by atoms with van der Waals surface area (Å²) in [4.78, 5) is 16.7. The van der Waals surface area contributed by atoms with Crippen LogP contribution in [-0.4, -0.2) is 36.6 Å². The molecule has 3 aromatic rings.